The van der Waals surface area contributed by atoms with Crippen molar-refractivity contribution in [2.75, 3.05) is 0 Å². The van der Waals surface area contributed by atoms with Gasteiger partial charge in [-0.1, -0.05) is 28.1 Å². The summed E-state index contributed by atoms with van der Waals surface area (Å²) in [5.41, 5.74) is 0.836. The van der Waals surface area contributed by atoms with Gasteiger partial charge in [-0.05, 0) is 24.6 Å². The summed E-state index contributed by atoms with van der Waals surface area (Å²) >= 11 is 3.29. The molecular formula is C8H8BrO. The lowest BCUT2D eigenvalue weighted by atomic mass is 10.1. The van der Waals surface area contributed by atoms with Crippen LogP contribution in [0.3, 0.4) is 0 Å². The van der Waals surface area contributed by atoms with Crippen molar-refractivity contribution in [2.24, 2.45) is 0 Å². The summed E-state index contributed by atoms with van der Waals surface area (Å²) in [6.07, 6.45) is -0.618. The van der Waals surface area contributed by atoms with Crippen LogP contribution in [0.2, 0.25) is 0 Å². The molecule has 0 fully saturated rings. The Morgan fingerprint density at radius 3 is 2.20 bits per heavy atom. The highest BCUT2D eigenvalue weighted by atomic mass is 79.9. The van der Waals surface area contributed by atoms with Crippen molar-refractivity contribution in [1.29, 1.82) is 0 Å². The van der Waals surface area contributed by atoms with Crippen LogP contribution in [-0.2, 0) is 0 Å². The predicted octanol–water partition coefficient (Wildman–Crippen LogP) is 2.32. The van der Waals surface area contributed by atoms with Crippen LogP contribution < -0.4 is 0 Å². The van der Waals surface area contributed by atoms with Crippen LogP contribution in [0.1, 0.15) is 11.7 Å². The summed E-state index contributed by atoms with van der Waals surface area (Å²) in [7, 11) is 0. The van der Waals surface area contributed by atoms with Gasteiger partial charge < -0.3 is 5.11 Å². The molecule has 0 spiro atoms. The molecule has 1 nitrogen and oxygen atoms in total. The number of aliphatic hydroxyl groups is 1. The summed E-state index contributed by atoms with van der Waals surface area (Å²) in [4.78, 5) is 0. The molecule has 0 aromatic heterocycles. The molecule has 10 heavy (non-hydrogen) atoms. The van der Waals surface area contributed by atoms with Crippen molar-refractivity contribution >= 4 is 15.9 Å². The molecule has 0 saturated carbocycles. The van der Waals surface area contributed by atoms with E-state index in [2.05, 4.69) is 22.9 Å². The molecule has 53 valence electrons. The predicted molar refractivity (Wildman–Crippen MR) is 44.5 cm³/mol. The maximum atomic E-state index is 8.99. The highest BCUT2D eigenvalue weighted by Gasteiger charge is 1.97. The second kappa shape index (κ2) is 3.17. The fourth-order valence-electron chi connectivity index (χ4n) is 0.685. The Morgan fingerprint density at radius 1 is 1.30 bits per heavy atom. The summed E-state index contributed by atoms with van der Waals surface area (Å²) in [5, 5.41) is 8.99. The van der Waals surface area contributed by atoms with Crippen LogP contribution in [0, 0.1) is 6.92 Å². The van der Waals surface area contributed by atoms with Gasteiger partial charge in [0.2, 0.25) is 0 Å². The maximum Gasteiger partial charge on any atom is 0.0791 e. The third kappa shape index (κ3) is 1.82. The molecule has 1 atom stereocenters. The minimum absolute atomic E-state index is 0.618. The fraction of sp³-hybridized carbons (Fsp3) is 0.125. The molecule has 0 unspecified atom stereocenters. The Morgan fingerprint density at radius 2 is 1.80 bits per heavy atom. The third-order valence-corrected chi connectivity index (χ3v) is 1.78. The molecule has 0 aliphatic rings. The first-order valence-electron chi connectivity index (χ1n) is 2.97. The van der Waals surface area contributed by atoms with Gasteiger partial charge in [-0.15, -0.1) is 0 Å². The van der Waals surface area contributed by atoms with E-state index >= 15 is 0 Å². The molecule has 1 rings (SSSR count). The van der Waals surface area contributed by atoms with Gasteiger partial charge in [-0.25, -0.2) is 0 Å². The van der Waals surface area contributed by atoms with E-state index in [4.69, 9.17) is 5.11 Å². The van der Waals surface area contributed by atoms with E-state index in [0.29, 0.717) is 0 Å². The first kappa shape index (κ1) is 7.76. The lowest BCUT2D eigenvalue weighted by Gasteiger charge is -2.02. The molecule has 1 aromatic carbocycles. The molecule has 0 bridgehead atoms. The van der Waals surface area contributed by atoms with E-state index in [1.807, 2.05) is 24.3 Å². The van der Waals surface area contributed by atoms with Crippen molar-refractivity contribution in [3.63, 3.8) is 0 Å². The van der Waals surface area contributed by atoms with Crippen LogP contribution in [-0.4, -0.2) is 5.11 Å². The van der Waals surface area contributed by atoms with Crippen LogP contribution in [0.25, 0.3) is 0 Å². The zero-order chi connectivity index (χ0) is 7.56. The number of halogens is 1. The fourth-order valence-corrected chi connectivity index (χ4v) is 0.949. The zero-order valence-electron chi connectivity index (χ0n) is 5.42. The van der Waals surface area contributed by atoms with Gasteiger partial charge in [0.25, 0.3) is 0 Å². The summed E-state index contributed by atoms with van der Waals surface area (Å²) in [5.74, 6) is 0. The van der Waals surface area contributed by atoms with Gasteiger partial charge in [0, 0.05) is 4.47 Å². The number of rotatable bonds is 1. The summed E-state index contributed by atoms with van der Waals surface area (Å²) in [6.45, 7) is 3.48. The molecule has 0 aliphatic carbocycles. The molecule has 1 radical (unpaired) electrons. The Bertz CT molecular complexity index is 203. The summed E-state index contributed by atoms with van der Waals surface area (Å²) in [6, 6.07) is 7.43. The monoisotopic (exact) mass is 199 g/mol. The Hall–Kier alpha value is -0.340. The molecule has 1 aromatic rings. The molecule has 0 aliphatic heterocycles. The van der Waals surface area contributed by atoms with E-state index in [9.17, 15) is 0 Å². The summed E-state index contributed by atoms with van der Waals surface area (Å²) < 4.78 is 1.01. The molecular weight excluding hydrogens is 192 g/mol. The van der Waals surface area contributed by atoms with Crippen LogP contribution >= 0.6 is 15.9 Å². The zero-order valence-corrected chi connectivity index (χ0v) is 7.01. The standard InChI is InChI=1S/C8H8BrO/c1-6(10)7-2-4-8(9)5-3-7/h2-6,10H,1H2/t6-/m0/s1. The van der Waals surface area contributed by atoms with Crippen molar-refractivity contribution in [3.8, 4) is 0 Å². The number of benzene rings is 1. The largest absolute Gasteiger partial charge is 0.388 e. The molecule has 2 heteroatoms. The van der Waals surface area contributed by atoms with E-state index < -0.39 is 6.10 Å². The number of hydrogen-bond donors (Lipinski definition) is 1. The lowest BCUT2D eigenvalue weighted by Crippen LogP contribution is -1.89. The van der Waals surface area contributed by atoms with Crippen molar-refractivity contribution in [2.45, 2.75) is 6.10 Å². The number of hydrogen-bond acceptors (Lipinski definition) is 1. The average molecular weight is 200 g/mol. The van der Waals surface area contributed by atoms with Crippen molar-refractivity contribution < 1.29 is 5.11 Å². The van der Waals surface area contributed by atoms with Crippen LogP contribution in [0.15, 0.2) is 28.7 Å². The highest BCUT2D eigenvalue weighted by molar-refractivity contribution is 9.10. The van der Waals surface area contributed by atoms with Crippen LogP contribution in [0.5, 0.6) is 0 Å². The van der Waals surface area contributed by atoms with Gasteiger partial charge in [0.05, 0.1) is 6.10 Å². The third-order valence-electron chi connectivity index (χ3n) is 1.25. The molecule has 0 heterocycles. The number of aliphatic hydroxyl groups excluding tert-OH is 1. The van der Waals surface area contributed by atoms with E-state index in [0.717, 1.165) is 10.0 Å². The van der Waals surface area contributed by atoms with Crippen LogP contribution in [0.4, 0.5) is 0 Å². The first-order chi connectivity index (χ1) is 4.70. The smallest absolute Gasteiger partial charge is 0.0791 e. The Balaban J connectivity index is 2.89. The molecule has 0 saturated heterocycles. The molecule has 1 N–H and O–H groups in total. The Labute approximate surface area is 68.8 Å². The minimum atomic E-state index is -0.618. The Kier molecular flexibility index (Phi) is 2.46. The van der Waals surface area contributed by atoms with E-state index in [-0.39, 0.29) is 0 Å². The van der Waals surface area contributed by atoms with Gasteiger partial charge in [-0.3, -0.25) is 0 Å². The average Bonchev–Trinajstić information content (AvgIpc) is 1.88. The van der Waals surface area contributed by atoms with Gasteiger partial charge >= 0.3 is 0 Å². The SMILES string of the molecule is [CH2][C@H](O)c1ccc(Br)cc1. The van der Waals surface area contributed by atoms with Gasteiger partial charge in [0.15, 0.2) is 0 Å². The molecule has 0 amide bonds. The first-order valence-corrected chi connectivity index (χ1v) is 3.76. The normalized spacial score (nSPS) is 13.1. The lowest BCUT2D eigenvalue weighted by molar-refractivity contribution is 0.226. The van der Waals surface area contributed by atoms with Crippen molar-refractivity contribution in [3.05, 3.63) is 41.2 Å². The van der Waals surface area contributed by atoms with E-state index in [1.165, 1.54) is 0 Å². The second-order valence-electron chi connectivity index (χ2n) is 2.07. The van der Waals surface area contributed by atoms with Gasteiger partial charge in [-0.2, -0.15) is 0 Å². The topological polar surface area (TPSA) is 20.2 Å². The van der Waals surface area contributed by atoms with Crippen molar-refractivity contribution in [1.82, 2.24) is 0 Å². The quantitative estimate of drug-likeness (QED) is 0.737. The highest BCUT2D eigenvalue weighted by Crippen LogP contribution is 2.15. The van der Waals surface area contributed by atoms with Gasteiger partial charge in [0.1, 0.15) is 0 Å². The minimum Gasteiger partial charge on any atom is -0.388 e. The van der Waals surface area contributed by atoms with E-state index in [1.54, 1.807) is 0 Å². The second-order valence-corrected chi connectivity index (χ2v) is 2.98. The maximum absolute atomic E-state index is 8.99.